The Bertz CT molecular complexity index is 1220. The summed E-state index contributed by atoms with van der Waals surface area (Å²) in [5.41, 5.74) is 7.44. The molecule has 29 heavy (non-hydrogen) atoms. The van der Waals surface area contributed by atoms with Crippen LogP contribution in [-0.2, 0) is 10.8 Å². The molecule has 3 heterocycles. The van der Waals surface area contributed by atoms with Crippen LogP contribution in [0.15, 0.2) is 30.6 Å². The van der Waals surface area contributed by atoms with Crippen molar-refractivity contribution in [1.29, 1.82) is 0 Å². The number of nitrogens with zero attached hydrogens (tertiary/aromatic N) is 4. The topological polar surface area (TPSA) is 43.1 Å². The minimum Gasteiger partial charge on any atom is -0.281 e. The molecule has 1 atom stereocenters. The van der Waals surface area contributed by atoms with Gasteiger partial charge < -0.3 is 0 Å². The van der Waals surface area contributed by atoms with Gasteiger partial charge in [0, 0.05) is 22.3 Å². The number of aromatic nitrogens is 4. The van der Waals surface area contributed by atoms with E-state index in [0.29, 0.717) is 5.92 Å². The monoisotopic (exact) mass is 388 g/mol. The summed E-state index contributed by atoms with van der Waals surface area (Å²) in [5, 5.41) is 1.19. The zero-order valence-corrected chi connectivity index (χ0v) is 19.0. The first-order chi connectivity index (χ1) is 13.5. The van der Waals surface area contributed by atoms with Gasteiger partial charge in [0.15, 0.2) is 0 Å². The van der Waals surface area contributed by atoms with Gasteiger partial charge in [-0.15, -0.1) is 0 Å². The van der Waals surface area contributed by atoms with Crippen molar-refractivity contribution in [3.63, 3.8) is 0 Å². The Morgan fingerprint density at radius 3 is 2.34 bits per heavy atom. The second-order valence-electron chi connectivity index (χ2n) is 10.3. The van der Waals surface area contributed by atoms with Crippen molar-refractivity contribution in [3.8, 4) is 0 Å². The molecule has 0 bridgehead atoms. The largest absolute Gasteiger partial charge is 0.281 e. The maximum absolute atomic E-state index is 5.16. The minimum atomic E-state index is -0.0997. The second kappa shape index (κ2) is 6.51. The molecule has 0 saturated heterocycles. The molecule has 4 rings (SSSR count). The first-order valence-corrected chi connectivity index (χ1v) is 10.6. The normalized spacial score (nSPS) is 14.2. The quantitative estimate of drug-likeness (QED) is 0.391. The molecule has 1 unspecified atom stereocenters. The maximum Gasteiger partial charge on any atom is 0.141 e. The molecule has 1 aromatic carbocycles. The number of benzene rings is 1. The van der Waals surface area contributed by atoms with Crippen molar-refractivity contribution in [2.45, 2.75) is 78.6 Å². The number of hydrogen-bond donors (Lipinski definition) is 0. The fourth-order valence-corrected chi connectivity index (χ4v) is 3.99. The van der Waals surface area contributed by atoms with E-state index >= 15 is 0 Å². The molecule has 0 aliphatic heterocycles. The van der Waals surface area contributed by atoms with Gasteiger partial charge in [0.05, 0.1) is 22.4 Å². The van der Waals surface area contributed by atoms with Crippen LogP contribution in [0, 0.1) is 0 Å². The third kappa shape index (κ3) is 3.19. The van der Waals surface area contributed by atoms with Crippen LogP contribution < -0.4 is 0 Å². The Morgan fingerprint density at radius 1 is 1.00 bits per heavy atom. The van der Waals surface area contributed by atoms with E-state index in [1.807, 2.05) is 6.33 Å². The lowest BCUT2D eigenvalue weighted by molar-refractivity contribution is 0.566. The molecule has 4 aromatic rings. The lowest BCUT2D eigenvalue weighted by Gasteiger charge is -2.21. The van der Waals surface area contributed by atoms with Crippen LogP contribution in [-0.4, -0.2) is 19.4 Å². The van der Waals surface area contributed by atoms with Gasteiger partial charge in [-0.1, -0.05) is 67.5 Å². The van der Waals surface area contributed by atoms with Crippen LogP contribution in [0.1, 0.15) is 84.7 Å². The van der Waals surface area contributed by atoms with Crippen molar-refractivity contribution in [1.82, 2.24) is 19.4 Å². The highest BCUT2D eigenvalue weighted by Gasteiger charge is 2.26. The summed E-state index contributed by atoms with van der Waals surface area (Å²) in [5.74, 6) is 0.456. The molecule has 152 valence electrons. The average molecular weight is 389 g/mol. The summed E-state index contributed by atoms with van der Waals surface area (Å²) in [7, 11) is 0. The van der Waals surface area contributed by atoms with Crippen LogP contribution in [0.2, 0.25) is 0 Å². The number of imidazole rings is 1. The lowest BCUT2D eigenvalue weighted by atomic mass is 9.88. The predicted molar refractivity (Wildman–Crippen MR) is 122 cm³/mol. The van der Waals surface area contributed by atoms with E-state index in [2.05, 4.69) is 84.1 Å². The third-order valence-corrected chi connectivity index (χ3v) is 5.91. The van der Waals surface area contributed by atoms with E-state index in [9.17, 15) is 0 Å². The Balaban J connectivity index is 2.22. The van der Waals surface area contributed by atoms with Crippen LogP contribution >= 0.6 is 0 Å². The molecule has 0 amide bonds. The fraction of sp³-hybridized carbons (Fsp3) is 0.480. The van der Waals surface area contributed by atoms with E-state index in [1.165, 1.54) is 10.9 Å². The lowest BCUT2D eigenvalue weighted by Crippen LogP contribution is -2.16. The molecular formula is C25H32N4. The summed E-state index contributed by atoms with van der Waals surface area (Å²) in [6.07, 6.45) is 3.02. The highest BCUT2D eigenvalue weighted by molar-refractivity contribution is 6.07. The van der Waals surface area contributed by atoms with Crippen molar-refractivity contribution in [3.05, 3.63) is 47.5 Å². The van der Waals surface area contributed by atoms with Crippen molar-refractivity contribution in [2.24, 2.45) is 0 Å². The molecular weight excluding hydrogens is 356 g/mol. The number of rotatable bonds is 2. The highest BCUT2D eigenvalue weighted by atomic mass is 15.1. The highest BCUT2D eigenvalue weighted by Crippen LogP contribution is 2.37. The van der Waals surface area contributed by atoms with Gasteiger partial charge in [-0.25, -0.2) is 15.0 Å². The van der Waals surface area contributed by atoms with Crippen LogP contribution in [0.4, 0.5) is 0 Å². The van der Waals surface area contributed by atoms with Crippen LogP contribution in [0.25, 0.3) is 27.6 Å². The molecule has 0 radical (unpaired) electrons. The van der Waals surface area contributed by atoms with E-state index < -0.39 is 0 Å². The van der Waals surface area contributed by atoms with E-state index in [1.54, 1.807) is 0 Å². The molecule has 0 aliphatic rings. The molecule has 0 N–H and O–H groups in total. The average Bonchev–Trinajstić information content (AvgIpc) is 3.03. The van der Waals surface area contributed by atoms with Gasteiger partial charge in [0.25, 0.3) is 0 Å². The molecule has 0 fully saturated rings. The zero-order valence-electron chi connectivity index (χ0n) is 19.0. The maximum atomic E-state index is 5.16. The van der Waals surface area contributed by atoms with Crippen molar-refractivity contribution >= 4 is 27.6 Å². The predicted octanol–water partition coefficient (Wildman–Crippen LogP) is 6.54. The Kier molecular flexibility index (Phi) is 4.45. The summed E-state index contributed by atoms with van der Waals surface area (Å²) in [4.78, 5) is 15.1. The second-order valence-corrected chi connectivity index (χ2v) is 10.3. The number of pyridine rings is 1. The summed E-state index contributed by atoms with van der Waals surface area (Å²) in [6.45, 7) is 17.7. The summed E-state index contributed by atoms with van der Waals surface area (Å²) < 4.78 is 2.13. The summed E-state index contributed by atoms with van der Waals surface area (Å²) in [6, 6.07) is 8.62. The van der Waals surface area contributed by atoms with E-state index in [4.69, 9.17) is 15.0 Å². The van der Waals surface area contributed by atoms with Crippen molar-refractivity contribution < 1.29 is 0 Å². The zero-order chi connectivity index (χ0) is 21.1. The van der Waals surface area contributed by atoms with E-state index in [-0.39, 0.29) is 10.8 Å². The molecule has 4 heteroatoms. The molecule has 3 aromatic heterocycles. The summed E-state index contributed by atoms with van der Waals surface area (Å²) >= 11 is 0. The smallest absolute Gasteiger partial charge is 0.141 e. The van der Waals surface area contributed by atoms with Crippen LogP contribution in [0.3, 0.4) is 0 Å². The molecule has 4 nitrogen and oxygen atoms in total. The first kappa shape index (κ1) is 19.8. The first-order valence-electron chi connectivity index (χ1n) is 10.6. The standard InChI is InChI=1S/C25H32N4/c1-9-15(2)16-11-10-12-17-20(16)21-22(23(27-17)25(6,7)8)29-14-26-18(24(3,4)5)13-19(29)28-21/h10-15H,9H2,1-8H3. The third-order valence-electron chi connectivity index (χ3n) is 5.91. The number of fused-ring (bicyclic) bond motifs is 5. The van der Waals surface area contributed by atoms with Gasteiger partial charge in [-0.05, 0) is 24.0 Å². The number of hydrogen-bond acceptors (Lipinski definition) is 3. The van der Waals surface area contributed by atoms with Gasteiger partial charge in [-0.2, -0.15) is 0 Å². The van der Waals surface area contributed by atoms with Gasteiger partial charge in [-0.3, -0.25) is 4.40 Å². The SMILES string of the molecule is CCC(C)c1cccc2nc(C(C)(C)C)c3c(nc4cc(C(C)(C)C)ncn43)c12. The van der Waals surface area contributed by atoms with Crippen LogP contribution in [0.5, 0.6) is 0 Å². The minimum absolute atomic E-state index is 0.0189. The molecule has 0 saturated carbocycles. The Labute approximate surface area is 173 Å². The molecule has 0 spiro atoms. The van der Waals surface area contributed by atoms with Gasteiger partial charge in [0.2, 0.25) is 0 Å². The fourth-order valence-electron chi connectivity index (χ4n) is 3.99. The molecule has 0 aliphatic carbocycles. The van der Waals surface area contributed by atoms with Crippen molar-refractivity contribution in [2.75, 3.05) is 0 Å². The van der Waals surface area contributed by atoms with Gasteiger partial charge >= 0.3 is 0 Å². The van der Waals surface area contributed by atoms with E-state index in [0.717, 1.165) is 40.0 Å². The van der Waals surface area contributed by atoms with Gasteiger partial charge in [0.1, 0.15) is 17.5 Å². The Hall–Kier alpha value is -2.49. The Morgan fingerprint density at radius 2 is 1.72 bits per heavy atom.